The molecule has 0 unspecified atom stereocenters. The summed E-state index contributed by atoms with van der Waals surface area (Å²) in [6, 6.07) is 7.73. The number of nitrogens with zero attached hydrogens (tertiary/aromatic N) is 6. The standard InChI is InChI=1S/C27H27BrN8O2/c1-29-22-12-20(11-17-3-2-6-31-24(17)22)36-26-21(25(28)35-36)14-32-23(34-26)10-16-4-5-18(9-16)27(37)33-13-19-15-38-8-7-30-19/h2-3,6,11-12,14,16,18-19,30H,4-5,7-10,13,15H2,(H,33,37)/t16-,18-,19+/m1/s1. The van der Waals surface area contributed by atoms with Crippen molar-refractivity contribution >= 4 is 49.5 Å². The molecule has 6 rings (SSSR count). The molecular formula is C27H27BrN8O2. The Labute approximate surface area is 228 Å². The number of amides is 1. The van der Waals surface area contributed by atoms with Crippen LogP contribution >= 0.6 is 15.9 Å². The van der Waals surface area contributed by atoms with E-state index in [1.54, 1.807) is 23.1 Å². The maximum atomic E-state index is 12.8. The van der Waals surface area contributed by atoms with Gasteiger partial charge in [0.1, 0.15) is 10.4 Å². The van der Waals surface area contributed by atoms with E-state index in [1.165, 1.54) is 0 Å². The minimum Gasteiger partial charge on any atom is -0.378 e. The third-order valence-corrected chi connectivity index (χ3v) is 7.95. The van der Waals surface area contributed by atoms with Gasteiger partial charge in [-0.15, -0.1) is 0 Å². The second kappa shape index (κ2) is 10.7. The van der Waals surface area contributed by atoms with Crippen LogP contribution in [0.5, 0.6) is 0 Å². The molecule has 1 aromatic carbocycles. The van der Waals surface area contributed by atoms with Crippen LogP contribution < -0.4 is 10.6 Å². The molecule has 0 spiro atoms. The lowest BCUT2D eigenvalue weighted by Crippen LogP contribution is -2.49. The molecule has 1 saturated heterocycles. The summed E-state index contributed by atoms with van der Waals surface area (Å²) in [5.41, 5.74) is 2.55. The van der Waals surface area contributed by atoms with Gasteiger partial charge < -0.3 is 15.4 Å². The molecule has 1 saturated carbocycles. The van der Waals surface area contributed by atoms with Crippen molar-refractivity contribution in [1.29, 1.82) is 0 Å². The molecule has 1 amide bonds. The van der Waals surface area contributed by atoms with Gasteiger partial charge in [-0.25, -0.2) is 19.5 Å². The van der Waals surface area contributed by atoms with Crippen molar-refractivity contribution in [3.05, 3.63) is 58.5 Å². The van der Waals surface area contributed by atoms with E-state index in [2.05, 4.69) is 46.5 Å². The second-order valence-corrected chi connectivity index (χ2v) is 10.7. The first-order valence-corrected chi connectivity index (χ1v) is 13.6. The number of hydrogen-bond donors (Lipinski definition) is 2. The number of rotatable bonds is 6. The maximum absolute atomic E-state index is 12.8. The predicted molar refractivity (Wildman–Crippen MR) is 146 cm³/mol. The second-order valence-electron chi connectivity index (χ2n) is 9.93. The van der Waals surface area contributed by atoms with Crippen molar-refractivity contribution < 1.29 is 9.53 Å². The van der Waals surface area contributed by atoms with Crippen LogP contribution in [-0.4, -0.2) is 63.0 Å². The minimum absolute atomic E-state index is 0.0196. The Morgan fingerprint density at radius 3 is 3.08 bits per heavy atom. The highest BCUT2D eigenvalue weighted by atomic mass is 79.9. The summed E-state index contributed by atoms with van der Waals surface area (Å²) in [6.07, 6.45) is 6.87. The van der Waals surface area contributed by atoms with E-state index < -0.39 is 0 Å². The zero-order valence-corrected chi connectivity index (χ0v) is 22.3. The first kappa shape index (κ1) is 24.9. The third kappa shape index (κ3) is 4.99. The predicted octanol–water partition coefficient (Wildman–Crippen LogP) is 3.74. The fourth-order valence-electron chi connectivity index (χ4n) is 5.42. The van der Waals surface area contributed by atoms with Gasteiger partial charge in [0.15, 0.2) is 5.65 Å². The number of pyridine rings is 1. The van der Waals surface area contributed by atoms with Crippen LogP contribution in [0.15, 0.2) is 41.3 Å². The van der Waals surface area contributed by atoms with Crippen LogP contribution in [0.1, 0.15) is 25.1 Å². The summed E-state index contributed by atoms with van der Waals surface area (Å²) < 4.78 is 7.86. The lowest BCUT2D eigenvalue weighted by atomic mass is 10.0. The molecule has 1 aliphatic heterocycles. The van der Waals surface area contributed by atoms with Gasteiger partial charge in [0, 0.05) is 43.9 Å². The van der Waals surface area contributed by atoms with Crippen molar-refractivity contribution in [3.63, 3.8) is 0 Å². The lowest BCUT2D eigenvalue weighted by Gasteiger charge is -2.24. The van der Waals surface area contributed by atoms with Gasteiger partial charge in [0.05, 0.1) is 36.4 Å². The molecular weight excluding hydrogens is 548 g/mol. The molecule has 2 aliphatic rings. The van der Waals surface area contributed by atoms with Crippen molar-refractivity contribution in [2.75, 3.05) is 26.3 Å². The van der Waals surface area contributed by atoms with Gasteiger partial charge in [0.25, 0.3) is 0 Å². The normalized spacial score (nSPS) is 21.5. The van der Waals surface area contributed by atoms with E-state index in [0.29, 0.717) is 46.9 Å². The molecule has 1 aliphatic carbocycles. The molecule has 0 bridgehead atoms. The summed E-state index contributed by atoms with van der Waals surface area (Å²) in [6.45, 7) is 10.4. The number of nitrogens with one attached hydrogen (secondary N) is 2. The zero-order chi connectivity index (χ0) is 26.1. The van der Waals surface area contributed by atoms with Crippen molar-refractivity contribution in [2.24, 2.45) is 11.8 Å². The van der Waals surface area contributed by atoms with E-state index in [1.807, 2.05) is 18.2 Å². The summed E-state index contributed by atoms with van der Waals surface area (Å²) >= 11 is 3.54. The molecule has 0 radical (unpaired) electrons. The number of ether oxygens (including phenoxy) is 1. The Hall–Kier alpha value is -3.46. The zero-order valence-electron chi connectivity index (χ0n) is 20.7. The molecule has 3 aromatic heterocycles. The number of morpholine rings is 1. The molecule has 194 valence electrons. The number of benzene rings is 1. The van der Waals surface area contributed by atoms with Crippen LogP contribution in [0.25, 0.3) is 32.5 Å². The van der Waals surface area contributed by atoms with Gasteiger partial charge in [-0.05, 0) is 64.7 Å². The average molecular weight is 575 g/mol. The Bertz CT molecular complexity index is 1540. The number of aromatic nitrogens is 5. The van der Waals surface area contributed by atoms with Gasteiger partial charge in [-0.2, -0.15) is 5.10 Å². The van der Waals surface area contributed by atoms with E-state index in [9.17, 15) is 4.79 Å². The quantitative estimate of drug-likeness (QED) is 0.337. The number of hydrogen-bond acceptors (Lipinski definition) is 7. The number of carbonyl (C=O) groups excluding carboxylic acids is 1. The number of fused-ring (bicyclic) bond motifs is 2. The molecule has 11 heteroatoms. The Morgan fingerprint density at radius 2 is 2.24 bits per heavy atom. The molecule has 4 aromatic rings. The van der Waals surface area contributed by atoms with E-state index in [0.717, 1.165) is 54.7 Å². The van der Waals surface area contributed by atoms with Crippen LogP contribution in [0.2, 0.25) is 0 Å². The lowest BCUT2D eigenvalue weighted by molar-refractivity contribution is -0.125. The largest absolute Gasteiger partial charge is 0.378 e. The van der Waals surface area contributed by atoms with E-state index >= 15 is 0 Å². The smallest absolute Gasteiger partial charge is 0.223 e. The van der Waals surface area contributed by atoms with Crippen molar-refractivity contribution in [1.82, 2.24) is 35.4 Å². The van der Waals surface area contributed by atoms with Crippen LogP contribution in [-0.2, 0) is 16.0 Å². The molecule has 2 N–H and O–H groups in total. The maximum Gasteiger partial charge on any atom is 0.223 e. The summed E-state index contributed by atoms with van der Waals surface area (Å²) in [4.78, 5) is 30.3. The highest BCUT2D eigenvalue weighted by Gasteiger charge is 2.31. The van der Waals surface area contributed by atoms with E-state index in [4.69, 9.17) is 16.3 Å². The number of carbonyl (C=O) groups is 1. The average Bonchev–Trinajstić information content (AvgIpc) is 3.56. The Morgan fingerprint density at radius 1 is 1.32 bits per heavy atom. The summed E-state index contributed by atoms with van der Waals surface area (Å²) in [5, 5.41) is 12.8. The topological polar surface area (TPSA) is 111 Å². The van der Waals surface area contributed by atoms with E-state index in [-0.39, 0.29) is 17.9 Å². The Kier molecular flexibility index (Phi) is 7.02. The van der Waals surface area contributed by atoms with Crippen LogP contribution in [0.3, 0.4) is 0 Å². The first-order chi connectivity index (χ1) is 18.6. The highest BCUT2D eigenvalue weighted by molar-refractivity contribution is 9.10. The van der Waals surface area contributed by atoms with Gasteiger partial charge in [-0.3, -0.25) is 9.78 Å². The summed E-state index contributed by atoms with van der Waals surface area (Å²) in [7, 11) is 0. The fraction of sp³-hybridized carbons (Fsp3) is 0.407. The molecule has 3 atom stereocenters. The monoisotopic (exact) mass is 574 g/mol. The fourth-order valence-corrected chi connectivity index (χ4v) is 5.86. The Balaban J connectivity index is 1.19. The molecule has 4 heterocycles. The number of halogens is 1. The minimum atomic E-state index is 0.0196. The molecule has 10 nitrogen and oxygen atoms in total. The molecule has 38 heavy (non-hydrogen) atoms. The van der Waals surface area contributed by atoms with Crippen LogP contribution in [0.4, 0.5) is 5.69 Å². The first-order valence-electron chi connectivity index (χ1n) is 12.8. The third-order valence-electron chi connectivity index (χ3n) is 7.37. The highest BCUT2D eigenvalue weighted by Crippen LogP contribution is 2.34. The van der Waals surface area contributed by atoms with Gasteiger partial charge >= 0.3 is 0 Å². The van der Waals surface area contributed by atoms with Gasteiger partial charge in [0.2, 0.25) is 11.6 Å². The van der Waals surface area contributed by atoms with Gasteiger partial charge in [-0.1, -0.05) is 6.07 Å². The van der Waals surface area contributed by atoms with Crippen LogP contribution in [0, 0.1) is 18.4 Å². The molecule has 2 fully saturated rings. The SMILES string of the molecule is [C-]#[N+]c1cc(-n2nc(Br)c3cnc(C[C@@H]4CC[C@@H](C(=O)NC[C@H]5COCCN5)C4)nc32)cc2cccnc12. The van der Waals surface area contributed by atoms with Crippen molar-refractivity contribution in [3.8, 4) is 5.69 Å². The van der Waals surface area contributed by atoms with Crippen molar-refractivity contribution in [2.45, 2.75) is 31.7 Å². The summed E-state index contributed by atoms with van der Waals surface area (Å²) in [5.74, 6) is 1.22.